The summed E-state index contributed by atoms with van der Waals surface area (Å²) in [5, 5.41) is 9.34. The number of hydrogen-bond donors (Lipinski definition) is 1. The van der Waals surface area contributed by atoms with E-state index in [1.807, 2.05) is 17.0 Å². The van der Waals surface area contributed by atoms with Crippen LogP contribution >= 0.6 is 0 Å². The summed E-state index contributed by atoms with van der Waals surface area (Å²) in [4.78, 5) is 13.3. The molecule has 3 aromatic rings. The Morgan fingerprint density at radius 1 is 1.14 bits per heavy atom. The molecule has 0 aliphatic carbocycles. The minimum absolute atomic E-state index is 0.293. The maximum absolute atomic E-state index is 13.1. The van der Waals surface area contributed by atoms with Gasteiger partial charge in [0.25, 0.3) is 0 Å². The lowest BCUT2D eigenvalue weighted by Crippen LogP contribution is -2.50. The van der Waals surface area contributed by atoms with Gasteiger partial charge in [-0.3, -0.25) is 9.00 Å². The van der Waals surface area contributed by atoms with Crippen LogP contribution in [0.4, 0.5) is 18.9 Å². The molecule has 29 heavy (non-hydrogen) atoms. The predicted octanol–water partition coefficient (Wildman–Crippen LogP) is 3.91. The molecular weight excluding hydrogens is 405 g/mol. The Hall–Kier alpha value is -2.81. The Morgan fingerprint density at radius 2 is 1.83 bits per heavy atom. The summed E-state index contributed by atoms with van der Waals surface area (Å²) in [7, 11) is -1.47. The molecule has 0 amide bonds. The van der Waals surface area contributed by atoms with Crippen molar-refractivity contribution in [3.63, 3.8) is 0 Å². The Labute approximate surface area is 166 Å². The van der Waals surface area contributed by atoms with Crippen LogP contribution in [0, 0.1) is 5.92 Å². The number of carboxylic acid groups (broad SMARTS) is 1. The van der Waals surface area contributed by atoms with Gasteiger partial charge in [0.05, 0.1) is 32.7 Å². The molecule has 0 bridgehead atoms. The monoisotopic (exact) mass is 422 g/mol. The molecule has 2 heterocycles. The summed E-state index contributed by atoms with van der Waals surface area (Å²) < 4.78 is 53.2. The first-order chi connectivity index (χ1) is 13.6. The minimum atomic E-state index is -4.49. The van der Waals surface area contributed by atoms with E-state index in [2.05, 4.69) is 0 Å². The Balaban J connectivity index is 1.78. The van der Waals surface area contributed by atoms with Crippen LogP contribution in [0.2, 0.25) is 0 Å². The molecule has 1 aliphatic heterocycles. The van der Waals surface area contributed by atoms with Crippen molar-refractivity contribution < 1.29 is 27.3 Å². The quantitative estimate of drug-likeness (QED) is 0.693. The highest BCUT2D eigenvalue weighted by molar-refractivity contribution is 7.84. The van der Waals surface area contributed by atoms with Gasteiger partial charge in [-0.1, -0.05) is 6.07 Å². The van der Waals surface area contributed by atoms with Crippen molar-refractivity contribution in [2.45, 2.75) is 11.1 Å². The molecule has 1 aliphatic rings. The van der Waals surface area contributed by atoms with Crippen molar-refractivity contribution in [2.75, 3.05) is 24.2 Å². The van der Waals surface area contributed by atoms with E-state index >= 15 is 0 Å². The highest BCUT2D eigenvalue weighted by atomic mass is 32.2. The van der Waals surface area contributed by atoms with Crippen molar-refractivity contribution in [1.29, 1.82) is 0 Å². The molecule has 0 saturated carbocycles. The van der Waals surface area contributed by atoms with E-state index in [-0.39, 0.29) is 0 Å². The normalized spacial score (nSPS) is 16.1. The molecular formula is C20H17F3N2O3S. The number of rotatable bonds is 4. The first-order valence-electron chi connectivity index (χ1n) is 8.79. The molecule has 1 saturated heterocycles. The van der Waals surface area contributed by atoms with Crippen LogP contribution in [-0.4, -0.2) is 39.2 Å². The summed E-state index contributed by atoms with van der Waals surface area (Å²) >= 11 is 0. The summed E-state index contributed by atoms with van der Waals surface area (Å²) in [5.74, 6) is -1.23. The number of benzene rings is 2. The Morgan fingerprint density at radius 3 is 2.45 bits per heavy atom. The topological polar surface area (TPSA) is 62.5 Å². The first kappa shape index (κ1) is 19.5. The van der Waals surface area contributed by atoms with Crippen molar-refractivity contribution in [3.8, 4) is 5.69 Å². The van der Waals surface area contributed by atoms with Crippen LogP contribution in [0.15, 0.2) is 53.6 Å². The fourth-order valence-corrected chi connectivity index (χ4v) is 4.23. The van der Waals surface area contributed by atoms with Gasteiger partial charge >= 0.3 is 12.1 Å². The molecule has 0 radical (unpaired) electrons. The van der Waals surface area contributed by atoms with Crippen LogP contribution in [0.5, 0.6) is 0 Å². The van der Waals surface area contributed by atoms with E-state index in [1.54, 1.807) is 22.9 Å². The summed E-state index contributed by atoms with van der Waals surface area (Å²) in [6, 6.07) is 10.7. The second-order valence-electron chi connectivity index (χ2n) is 7.01. The third-order valence-electron chi connectivity index (χ3n) is 5.11. The number of halogens is 3. The molecule has 1 atom stereocenters. The summed E-state index contributed by atoms with van der Waals surface area (Å²) in [6.45, 7) is 0.814. The maximum Gasteiger partial charge on any atom is 0.416 e. The van der Waals surface area contributed by atoms with Gasteiger partial charge in [-0.05, 0) is 36.4 Å². The fourth-order valence-electron chi connectivity index (χ4n) is 3.50. The molecule has 1 unspecified atom stereocenters. The van der Waals surface area contributed by atoms with E-state index in [0.29, 0.717) is 34.6 Å². The Bertz CT molecular complexity index is 1130. The van der Waals surface area contributed by atoms with E-state index in [0.717, 1.165) is 17.8 Å². The van der Waals surface area contributed by atoms with E-state index in [9.17, 15) is 22.2 Å². The smallest absolute Gasteiger partial charge is 0.416 e. The van der Waals surface area contributed by atoms with Gasteiger partial charge in [-0.2, -0.15) is 13.2 Å². The lowest BCUT2D eigenvalue weighted by atomic mass is 9.99. The van der Waals surface area contributed by atoms with Gasteiger partial charge in [0.2, 0.25) is 0 Å². The van der Waals surface area contributed by atoms with Crippen LogP contribution in [0.1, 0.15) is 5.56 Å². The standard InChI is InChI=1S/C20H17F3N2O3S/c1-29(28)18-11-25(17-6-5-13(7-16(17)18)20(21,22)23)15-4-2-3-14(8-15)24-9-12(10-24)19(26)27/h2-8,11-12H,9-10H2,1H3,(H,26,27). The lowest BCUT2D eigenvalue weighted by molar-refractivity contribution is -0.142. The molecule has 1 aromatic heterocycles. The molecule has 5 nitrogen and oxygen atoms in total. The van der Waals surface area contributed by atoms with E-state index < -0.39 is 34.4 Å². The number of fused-ring (bicyclic) bond motifs is 1. The van der Waals surface area contributed by atoms with Crippen molar-refractivity contribution in [2.24, 2.45) is 5.92 Å². The molecule has 4 rings (SSSR count). The number of hydrogen-bond acceptors (Lipinski definition) is 3. The van der Waals surface area contributed by atoms with Crippen LogP contribution in [0.3, 0.4) is 0 Å². The van der Waals surface area contributed by atoms with Crippen LogP contribution < -0.4 is 4.90 Å². The molecule has 2 aromatic carbocycles. The predicted molar refractivity (Wildman–Crippen MR) is 104 cm³/mol. The van der Waals surface area contributed by atoms with Gasteiger partial charge in [-0.15, -0.1) is 0 Å². The van der Waals surface area contributed by atoms with Gasteiger partial charge < -0.3 is 14.6 Å². The minimum Gasteiger partial charge on any atom is -0.481 e. The SMILES string of the molecule is CS(=O)c1cn(-c2cccc(N3CC(C(=O)O)C3)c2)c2ccc(C(F)(F)F)cc12. The highest BCUT2D eigenvalue weighted by Gasteiger charge is 2.33. The third kappa shape index (κ3) is 3.50. The second-order valence-corrected chi connectivity index (χ2v) is 8.36. The molecule has 0 spiro atoms. The first-order valence-corrected chi connectivity index (χ1v) is 10.3. The fraction of sp³-hybridized carbons (Fsp3) is 0.250. The zero-order valence-electron chi connectivity index (χ0n) is 15.3. The summed E-state index contributed by atoms with van der Waals surface area (Å²) in [6.07, 6.45) is -1.46. The molecule has 1 N–H and O–H groups in total. The average molecular weight is 422 g/mol. The molecule has 1 fully saturated rings. The van der Waals surface area contributed by atoms with Crippen molar-refractivity contribution >= 4 is 33.4 Å². The number of aromatic nitrogens is 1. The van der Waals surface area contributed by atoms with Gasteiger partial charge in [-0.25, -0.2) is 0 Å². The summed E-state index contributed by atoms with van der Waals surface area (Å²) in [5.41, 5.74) is 1.26. The van der Waals surface area contributed by atoms with E-state index in [4.69, 9.17) is 5.11 Å². The van der Waals surface area contributed by atoms with Crippen LogP contribution in [0.25, 0.3) is 16.6 Å². The molecule has 152 valence electrons. The highest BCUT2D eigenvalue weighted by Crippen LogP contribution is 2.35. The van der Waals surface area contributed by atoms with Gasteiger partial charge in [0.1, 0.15) is 0 Å². The number of alkyl halides is 3. The Kier molecular flexibility index (Phi) is 4.65. The van der Waals surface area contributed by atoms with Crippen molar-refractivity contribution in [3.05, 3.63) is 54.2 Å². The van der Waals surface area contributed by atoms with Crippen LogP contribution in [-0.2, 0) is 21.8 Å². The number of carboxylic acids is 1. The maximum atomic E-state index is 13.1. The average Bonchev–Trinajstić information content (AvgIpc) is 2.99. The lowest BCUT2D eigenvalue weighted by Gasteiger charge is -2.38. The third-order valence-corrected chi connectivity index (χ3v) is 6.05. The van der Waals surface area contributed by atoms with Crippen molar-refractivity contribution in [1.82, 2.24) is 4.57 Å². The number of anilines is 1. The van der Waals surface area contributed by atoms with Gasteiger partial charge in [0.15, 0.2) is 0 Å². The largest absolute Gasteiger partial charge is 0.481 e. The zero-order chi connectivity index (χ0) is 20.9. The number of nitrogens with zero attached hydrogens (tertiary/aromatic N) is 2. The number of aliphatic carboxylic acids is 1. The number of carbonyl (C=O) groups is 1. The second kappa shape index (κ2) is 6.91. The zero-order valence-corrected chi connectivity index (χ0v) is 16.1. The molecule has 9 heteroatoms. The van der Waals surface area contributed by atoms with Gasteiger partial charge in [0, 0.05) is 42.3 Å². The van der Waals surface area contributed by atoms with E-state index in [1.165, 1.54) is 12.3 Å².